The lowest BCUT2D eigenvalue weighted by atomic mass is 10.3. The van der Waals surface area contributed by atoms with Crippen LogP contribution in [0.25, 0.3) is 10.2 Å². The summed E-state index contributed by atoms with van der Waals surface area (Å²) in [5.74, 6) is 0. The molecule has 0 bridgehead atoms. The van der Waals surface area contributed by atoms with Crippen LogP contribution >= 0.6 is 22.9 Å². The number of rotatable bonds is 0. The largest absolute Gasteiger partial charge is 0.320 e. The summed E-state index contributed by atoms with van der Waals surface area (Å²) in [5.41, 5.74) is 0. The molecule has 0 atom stereocenters. The molecule has 0 aliphatic carbocycles. The maximum Gasteiger partial charge on any atom is 0.320 e. The molecule has 56 valence electrons. The van der Waals surface area contributed by atoms with Crippen LogP contribution in [-0.2, 0) is 0 Å². The molecule has 0 aliphatic heterocycles. The van der Waals surface area contributed by atoms with Gasteiger partial charge in [0.1, 0.15) is 0 Å². The zero-order valence-electron chi connectivity index (χ0n) is 5.49. The smallest absolute Gasteiger partial charge is 0.284 e. The molecule has 4 heteroatoms. The number of fused-ring (bicyclic) bond motifs is 1. The molecule has 0 aliphatic rings. The first-order valence-electron chi connectivity index (χ1n) is 3.05. The summed E-state index contributed by atoms with van der Waals surface area (Å²) in [6, 6.07) is 3.55. The molecule has 2 heterocycles. The highest BCUT2D eigenvalue weighted by atomic mass is 35.5. The van der Waals surface area contributed by atoms with Crippen molar-refractivity contribution < 1.29 is 9.94 Å². The van der Waals surface area contributed by atoms with E-state index in [2.05, 4.69) is 0 Å². The van der Waals surface area contributed by atoms with Gasteiger partial charge in [-0.1, -0.05) is 22.9 Å². The third kappa shape index (κ3) is 0.968. The second-order valence-electron chi connectivity index (χ2n) is 2.15. The summed E-state index contributed by atoms with van der Waals surface area (Å²) in [4.78, 5) is 0.775. The van der Waals surface area contributed by atoms with Gasteiger partial charge in [-0.25, -0.2) is 0 Å². The predicted octanol–water partition coefficient (Wildman–Crippen LogP) is 2.08. The summed E-state index contributed by atoms with van der Waals surface area (Å²) < 4.78 is 1.08. The number of halogens is 1. The molecule has 2 rings (SSSR count). The van der Waals surface area contributed by atoms with Gasteiger partial charge in [0.2, 0.25) is 6.20 Å². The normalized spacial score (nSPS) is 10.6. The van der Waals surface area contributed by atoms with Gasteiger partial charge in [0.25, 0.3) is 0 Å². The van der Waals surface area contributed by atoms with E-state index < -0.39 is 0 Å². The number of pyridine rings is 1. The Balaban J connectivity index is 2.96. The number of hydrogen-bond acceptors (Lipinski definition) is 2. The minimum absolute atomic E-state index is 0.673. The van der Waals surface area contributed by atoms with Crippen LogP contribution in [-0.4, -0.2) is 5.21 Å². The summed E-state index contributed by atoms with van der Waals surface area (Å²) >= 11 is 7.31. The molecule has 11 heavy (non-hydrogen) atoms. The fourth-order valence-electron chi connectivity index (χ4n) is 0.954. The lowest BCUT2D eigenvalue weighted by molar-refractivity contribution is -0.883. The van der Waals surface area contributed by atoms with Crippen molar-refractivity contribution in [1.29, 1.82) is 0 Å². The average Bonchev–Trinajstić information content (AvgIpc) is 2.45. The molecule has 2 nitrogen and oxygen atoms in total. The molecule has 0 unspecified atom stereocenters. The maximum atomic E-state index is 9.25. The molecule has 0 saturated heterocycles. The third-order valence-corrected chi connectivity index (χ3v) is 2.70. The molecule has 1 N–H and O–H groups in total. The van der Waals surface area contributed by atoms with Crippen LogP contribution in [0, 0.1) is 0 Å². The highest BCUT2D eigenvalue weighted by molar-refractivity contribution is 7.16. The van der Waals surface area contributed by atoms with Gasteiger partial charge in [-0.3, -0.25) is 5.21 Å². The van der Waals surface area contributed by atoms with Crippen molar-refractivity contribution in [3.05, 3.63) is 28.7 Å². The Morgan fingerprint density at radius 1 is 1.45 bits per heavy atom. The van der Waals surface area contributed by atoms with E-state index in [0.717, 1.165) is 14.9 Å². The van der Waals surface area contributed by atoms with Crippen LogP contribution in [0.5, 0.6) is 0 Å². The van der Waals surface area contributed by atoms with Crippen molar-refractivity contribution >= 4 is 33.2 Å². The van der Waals surface area contributed by atoms with Gasteiger partial charge in [-0.05, 0) is 11.4 Å². The quantitative estimate of drug-likeness (QED) is 0.495. The third-order valence-electron chi connectivity index (χ3n) is 1.47. The van der Waals surface area contributed by atoms with E-state index >= 15 is 0 Å². The van der Waals surface area contributed by atoms with E-state index in [9.17, 15) is 5.21 Å². The average molecular weight is 187 g/mol. The van der Waals surface area contributed by atoms with Gasteiger partial charge in [-0.15, -0.1) is 0 Å². The zero-order chi connectivity index (χ0) is 7.84. The molecule has 2 aromatic rings. The van der Waals surface area contributed by atoms with E-state index in [1.165, 1.54) is 17.5 Å². The summed E-state index contributed by atoms with van der Waals surface area (Å²) in [6.07, 6.45) is 1.53. The maximum absolute atomic E-state index is 9.25. The predicted molar refractivity (Wildman–Crippen MR) is 44.2 cm³/mol. The summed E-state index contributed by atoms with van der Waals surface area (Å²) in [6.45, 7) is 0. The van der Waals surface area contributed by atoms with E-state index in [4.69, 9.17) is 11.6 Å². The summed E-state index contributed by atoms with van der Waals surface area (Å²) in [7, 11) is 0. The monoisotopic (exact) mass is 186 g/mol. The molecule has 0 aromatic carbocycles. The molecule has 0 radical (unpaired) electrons. The van der Waals surface area contributed by atoms with Crippen LogP contribution in [0.15, 0.2) is 23.7 Å². The minimum atomic E-state index is 0.673. The second-order valence-corrected chi connectivity index (χ2v) is 3.45. The molecule has 0 saturated carbocycles. The highest BCUT2D eigenvalue weighted by Gasteiger charge is 2.11. The van der Waals surface area contributed by atoms with Crippen molar-refractivity contribution in [2.75, 3.05) is 0 Å². The zero-order valence-corrected chi connectivity index (χ0v) is 7.06. The molecule has 2 aromatic heterocycles. The van der Waals surface area contributed by atoms with Crippen molar-refractivity contribution in [2.45, 2.75) is 0 Å². The van der Waals surface area contributed by atoms with Crippen LogP contribution in [0.4, 0.5) is 0 Å². The standard InChI is InChI=1S/C7H5ClNOS/c8-6-1-3-9(10)7-5(6)2-4-11-7/h1-4,10H/q+1. The number of aromatic nitrogens is 1. The first-order chi connectivity index (χ1) is 5.29. The Bertz CT molecular complexity index is 362. The van der Waals surface area contributed by atoms with Crippen LogP contribution in [0.1, 0.15) is 0 Å². The molecule has 0 spiro atoms. The van der Waals surface area contributed by atoms with Crippen LogP contribution in [0.2, 0.25) is 5.02 Å². The second kappa shape index (κ2) is 2.36. The first-order valence-corrected chi connectivity index (χ1v) is 4.31. The first kappa shape index (κ1) is 6.88. The van der Waals surface area contributed by atoms with Gasteiger partial charge < -0.3 is 0 Å². The van der Waals surface area contributed by atoms with E-state index in [1.54, 1.807) is 6.07 Å². The van der Waals surface area contributed by atoms with E-state index in [0.29, 0.717) is 5.02 Å². The minimum Gasteiger partial charge on any atom is -0.284 e. The van der Waals surface area contributed by atoms with Gasteiger partial charge in [-0.2, -0.15) is 0 Å². The Labute approximate surface area is 72.2 Å². The van der Waals surface area contributed by atoms with E-state index in [-0.39, 0.29) is 0 Å². The fourth-order valence-corrected chi connectivity index (χ4v) is 2.03. The van der Waals surface area contributed by atoms with Crippen molar-refractivity contribution in [3.8, 4) is 0 Å². The molecular weight excluding hydrogens is 182 g/mol. The summed E-state index contributed by atoms with van der Waals surface area (Å²) in [5, 5.41) is 12.7. The van der Waals surface area contributed by atoms with Crippen molar-refractivity contribution in [3.63, 3.8) is 0 Å². The van der Waals surface area contributed by atoms with Crippen LogP contribution < -0.4 is 4.73 Å². The van der Waals surface area contributed by atoms with Gasteiger partial charge in [0, 0.05) is 10.8 Å². The number of nitrogens with zero attached hydrogens (tertiary/aromatic N) is 1. The Morgan fingerprint density at radius 2 is 2.27 bits per heavy atom. The lowest BCUT2D eigenvalue weighted by Crippen LogP contribution is -2.28. The van der Waals surface area contributed by atoms with Crippen molar-refractivity contribution in [2.24, 2.45) is 0 Å². The lowest BCUT2D eigenvalue weighted by Gasteiger charge is -1.87. The topological polar surface area (TPSA) is 24.1 Å². The van der Waals surface area contributed by atoms with Gasteiger partial charge >= 0.3 is 4.83 Å². The van der Waals surface area contributed by atoms with E-state index in [1.807, 2.05) is 11.4 Å². The Kier molecular flexibility index (Phi) is 1.47. The Morgan fingerprint density at radius 3 is 3.00 bits per heavy atom. The molecular formula is C7H5ClNOS+. The SMILES string of the molecule is O[n+]1ccc(Cl)c2ccsc21. The van der Waals surface area contributed by atoms with Crippen LogP contribution in [0.3, 0.4) is 0 Å². The Hall–Kier alpha value is -0.800. The molecule has 0 fully saturated rings. The van der Waals surface area contributed by atoms with Gasteiger partial charge in [0.05, 0.1) is 10.4 Å². The number of thiophene rings is 1. The molecule has 0 amide bonds. The van der Waals surface area contributed by atoms with Gasteiger partial charge in [0.15, 0.2) is 0 Å². The fraction of sp³-hybridized carbons (Fsp3) is 0. The highest BCUT2D eigenvalue weighted by Crippen LogP contribution is 2.23. The number of hydrogen-bond donors (Lipinski definition) is 1. The van der Waals surface area contributed by atoms with Crippen molar-refractivity contribution in [1.82, 2.24) is 0 Å².